The van der Waals surface area contributed by atoms with Gasteiger partial charge in [0.15, 0.2) is 0 Å². The van der Waals surface area contributed by atoms with E-state index in [1.165, 1.54) is 0 Å². The van der Waals surface area contributed by atoms with Crippen molar-refractivity contribution in [2.45, 2.75) is 19.3 Å². The molecular weight excluding hydrogens is 190 g/mol. The Morgan fingerprint density at radius 1 is 1.20 bits per heavy atom. The van der Waals surface area contributed by atoms with E-state index in [4.69, 9.17) is 0 Å². The standard InChI is InChI=1S/C12H13NO2/c1-8-10(14)13-11(15)12(8,2)9-6-4-3-5-7-9/h3-8H,1-2H3,(H,13,14,15). The van der Waals surface area contributed by atoms with E-state index in [-0.39, 0.29) is 17.7 Å². The molecule has 3 heteroatoms. The largest absolute Gasteiger partial charge is 0.295 e. The van der Waals surface area contributed by atoms with Gasteiger partial charge in [0.1, 0.15) is 0 Å². The van der Waals surface area contributed by atoms with Crippen molar-refractivity contribution in [3.8, 4) is 0 Å². The first-order valence-corrected chi connectivity index (χ1v) is 4.97. The number of hydrogen-bond donors (Lipinski definition) is 1. The first kappa shape index (κ1) is 9.90. The topological polar surface area (TPSA) is 46.2 Å². The maximum Gasteiger partial charge on any atom is 0.237 e. The molecule has 3 nitrogen and oxygen atoms in total. The molecule has 1 aliphatic heterocycles. The van der Waals surface area contributed by atoms with Crippen LogP contribution in [0, 0.1) is 5.92 Å². The van der Waals surface area contributed by atoms with E-state index < -0.39 is 5.41 Å². The fourth-order valence-corrected chi connectivity index (χ4v) is 1.97. The Morgan fingerprint density at radius 3 is 2.27 bits per heavy atom. The van der Waals surface area contributed by atoms with Gasteiger partial charge < -0.3 is 0 Å². The zero-order valence-corrected chi connectivity index (χ0v) is 8.78. The minimum Gasteiger partial charge on any atom is -0.295 e. The molecule has 0 aromatic heterocycles. The molecule has 0 bridgehead atoms. The second kappa shape index (κ2) is 3.19. The van der Waals surface area contributed by atoms with E-state index >= 15 is 0 Å². The van der Waals surface area contributed by atoms with Crippen molar-refractivity contribution in [1.82, 2.24) is 5.32 Å². The summed E-state index contributed by atoms with van der Waals surface area (Å²) in [6.07, 6.45) is 0. The van der Waals surface area contributed by atoms with Gasteiger partial charge in [-0.2, -0.15) is 0 Å². The third-order valence-electron chi connectivity index (χ3n) is 3.34. The van der Waals surface area contributed by atoms with Crippen molar-refractivity contribution in [2.75, 3.05) is 0 Å². The Labute approximate surface area is 88.5 Å². The molecule has 1 saturated heterocycles. The van der Waals surface area contributed by atoms with E-state index in [1.807, 2.05) is 37.3 Å². The molecule has 0 saturated carbocycles. The molecule has 2 rings (SSSR count). The van der Waals surface area contributed by atoms with E-state index in [2.05, 4.69) is 5.32 Å². The van der Waals surface area contributed by atoms with Gasteiger partial charge in [-0.3, -0.25) is 14.9 Å². The number of nitrogens with one attached hydrogen (secondary N) is 1. The minimum atomic E-state index is -0.724. The smallest absolute Gasteiger partial charge is 0.237 e. The van der Waals surface area contributed by atoms with Crippen LogP contribution in [0.1, 0.15) is 19.4 Å². The van der Waals surface area contributed by atoms with E-state index in [0.29, 0.717) is 0 Å². The highest BCUT2D eigenvalue weighted by Crippen LogP contribution is 2.36. The summed E-state index contributed by atoms with van der Waals surface area (Å²) in [5.41, 5.74) is 0.166. The van der Waals surface area contributed by atoms with Crippen LogP contribution in [0.3, 0.4) is 0 Å². The number of benzene rings is 1. The molecule has 1 aromatic rings. The summed E-state index contributed by atoms with van der Waals surface area (Å²) in [5, 5.41) is 2.38. The van der Waals surface area contributed by atoms with Gasteiger partial charge >= 0.3 is 0 Å². The molecule has 0 spiro atoms. The van der Waals surface area contributed by atoms with Crippen LogP contribution >= 0.6 is 0 Å². The summed E-state index contributed by atoms with van der Waals surface area (Å²) in [6.45, 7) is 3.60. The van der Waals surface area contributed by atoms with Crippen molar-refractivity contribution < 1.29 is 9.59 Å². The fourth-order valence-electron chi connectivity index (χ4n) is 1.97. The van der Waals surface area contributed by atoms with Crippen LogP contribution in [0.2, 0.25) is 0 Å². The van der Waals surface area contributed by atoms with Crippen LogP contribution in [0.15, 0.2) is 30.3 Å². The lowest BCUT2D eigenvalue weighted by molar-refractivity contribution is -0.126. The van der Waals surface area contributed by atoms with E-state index in [9.17, 15) is 9.59 Å². The summed E-state index contributed by atoms with van der Waals surface area (Å²) in [7, 11) is 0. The van der Waals surface area contributed by atoms with Crippen LogP contribution in [-0.4, -0.2) is 11.8 Å². The highest BCUT2D eigenvalue weighted by atomic mass is 16.2. The molecule has 2 amide bonds. The van der Waals surface area contributed by atoms with Gasteiger partial charge in [0, 0.05) is 0 Å². The number of carbonyl (C=O) groups excluding carboxylic acids is 2. The molecule has 1 aliphatic rings. The summed E-state index contributed by atoms with van der Waals surface area (Å²) in [4.78, 5) is 23.2. The van der Waals surface area contributed by atoms with Gasteiger partial charge in [0.05, 0.1) is 11.3 Å². The zero-order chi connectivity index (χ0) is 11.1. The second-order valence-electron chi connectivity index (χ2n) is 4.11. The summed E-state index contributed by atoms with van der Waals surface area (Å²) < 4.78 is 0. The predicted octanol–water partition coefficient (Wildman–Crippen LogP) is 1.24. The van der Waals surface area contributed by atoms with Crippen molar-refractivity contribution in [1.29, 1.82) is 0 Å². The molecule has 0 aliphatic carbocycles. The van der Waals surface area contributed by atoms with Gasteiger partial charge in [-0.15, -0.1) is 0 Å². The first-order valence-electron chi connectivity index (χ1n) is 4.97. The minimum absolute atomic E-state index is 0.189. The molecule has 1 fully saturated rings. The van der Waals surface area contributed by atoms with Crippen LogP contribution in [0.5, 0.6) is 0 Å². The molecule has 78 valence electrons. The van der Waals surface area contributed by atoms with Crippen molar-refractivity contribution >= 4 is 11.8 Å². The Morgan fingerprint density at radius 2 is 1.80 bits per heavy atom. The number of amides is 2. The van der Waals surface area contributed by atoms with Crippen LogP contribution in [0.4, 0.5) is 0 Å². The third kappa shape index (κ3) is 1.27. The molecular formula is C12H13NO2. The van der Waals surface area contributed by atoms with E-state index in [1.54, 1.807) is 6.92 Å². The Bertz CT molecular complexity index is 413. The fraction of sp³-hybridized carbons (Fsp3) is 0.333. The van der Waals surface area contributed by atoms with Crippen molar-refractivity contribution in [2.24, 2.45) is 5.92 Å². The average molecular weight is 203 g/mol. The summed E-state index contributed by atoms with van der Waals surface area (Å²) in [5.74, 6) is -0.704. The van der Waals surface area contributed by atoms with Gasteiger partial charge in [-0.05, 0) is 12.5 Å². The lowest BCUT2D eigenvalue weighted by atomic mass is 9.74. The maximum atomic E-state index is 11.8. The van der Waals surface area contributed by atoms with Crippen molar-refractivity contribution in [3.05, 3.63) is 35.9 Å². The van der Waals surface area contributed by atoms with Gasteiger partial charge in [0.2, 0.25) is 11.8 Å². The molecule has 2 atom stereocenters. The monoisotopic (exact) mass is 203 g/mol. The highest BCUT2D eigenvalue weighted by molar-refractivity contribution is 6.10. The zero-order valence-electron chi connectivity index (χ0n) is 8.78. The Balaban J connectivity index is 2.51. The number of hydrogen-bond acceptors (Lipinski definition) is 2. The lowest BCUT2D eigenvalue weighted by Crippen LogP contribution is -2.35. The first-order chi connectivity index (χ1) is 7.06. The molecule has 0 radical (unpaired) electrons. The number of imide groups is 1. The van der Waals surface area contributed by atoms with Crippen LogP contribution in [0.25, 0.3) is 0 Å². The van der Waals surface area contributed by atoms with Crippen molar-refractivity contribution in [3.63, 3.8) is 0 Å². The molecule has 1 heterocycles. The van der Waals surface area contributed by atoms with Crippen LogP contribution in [-0.2, 0) is 15.0 Å². The number of carbonyl (C=O) groups is 2. The predicted molar refractivity (Wildman–Crippen MR) is 56.1 cm³/mol. The highest BCUT2D eigenvalue weighted by Gasteiger charge is 2.50. The van der Waals surface area contributed by atoms with E-state index in [0.717, 1.165) is 5.56 Å². The van der Waals surface area contributed by atoms with Gasteiger partial charge in [-0.1, -0.05) is 37.3 Å². The quantitative estimate of drug-likeness (QED) is 0.698. The summed E-state index contributed by atoms with van der Waals surface area (Å²) in [6, 6.07) is 9.42. The summed E-state index contributed by atoms with van der Waals surface area (Å²) >= 11 is 0. The SMILES string of the molecule is CC1C(=O)NC(=O)C1(C)c1ccccc1. The maximum absolute atomic E-state index is 11.8. The second-order valence-corrected chi connectivity index (χ2v) is 4.11. The Hall–Kier alpha value is -1.64. The normalized spacial score (nSPS) is 30.4. The average Bonchev–Trinajstić information content (AvgIpc) is 2.45. The van der Waals surface area contributed by atoms with Crippen LogP contribution < -0.4 is 5.32 Å². The third-order valence-corrected chi connectivity index (χ3v) is 3.34. The molecule has 2 unspecified atom stereocenters. The Kier molecular flexibility index (Phi) is 2.11. The molecule has 1 N–H and O–H groups in total. The number of rotatable bonds is 1. The molecule has 1 aromatic carbocycles. The lowest BCUT2D eigenvalue weighted by Gasteiger charge is -2.24. The van der Waals surface area contributed by atoms with Gasteiger partial charge in [0.25, 0.3) is 0 Å². The van der Waals surface area contributed by atoms with Gasteiger partial charge in [-0.25, -0.2) is 0 Å². The molecule has 15 heavy (non-hydrogen) atoms.